The minimum Gasteiger partial charge on any atom is -0.334 e. The van der Waals surface area contributed by atoms with E-state index >= 15 is 0 Å². The molecule has 2 aromatic heterocycles. The number of aromatic nitrogens is 4. The molecule has 0 atom stereocenters. The van der Waals surface area contributed by atoms with Crippen molar-refractivity contribution in [1.29, 1.82) is 0 Å². The van der Waals surface area contributed by atoms with Gasteiger partial charge in [0.05, 0.1) is 17.9 Å². The van der Waals surface area contributed by atoms with E-state index in [0.29, 0.717) is 12.2 Å². The molecule has 0 unspecified atom stereocenters. The molecule has 25 heavy (non-hydrogen) atoms. The number of nitrogens with zero attached hydrogens (tertiary/aromatic N) is 3. The van der Waals surface area contributed by atoms with E-state index in [9.17, 15) is 9.59 Å². The van der Waals surface area contributed by atoms with Crippen LogP contribution in [-0.2, 0) is 19.4 Å². The smallest absolute Gasteiger partial charge is 0.272 e. The average Bonchev–Trinajstić information content (AvgIpc) is 3.32. The molecule has 1 aliphatic rings. The lowest BCUT2D eigenvalue weighted by atomic mass is 10.2. The van der Waals surface area contributed by atoms with Gasteiger partial charge in [0.1, 0.15) is 5.69 Å². The molecule has 0 spiro atoms. The summed E-state index contributed by atoms with van der Waals surface area (Å²) in [5.74, 6) is -0.235. The van der Waals surface area contributed by atoms with Gasteiger partial charge < -0.3 is 4.90 Å². The van der Waals surface area contributed by atoms with Crippen LogP contribution < -0.4 is 5.56 Å². The van der Waals surface area contributed by atoms with Crippen LogP contribution in [0.3, 0.4) is 0 Å². The molecule has 2 heterocycles. The first-order chi connectivity index (χ1) is 12.1. The van der Waals surface area contributed by atoms with E-state index in [2.05, 4.69) is 15.3 Å². The predicted octanol–water partition coefficient (Wildman–Crippen LogP) is 1.65. The molecular weight excluding hydrogens is 318 g/mol. The van der Waals surface area contributed by atoms with E-state index in [4.69, 9.17) is 0 Å². The zero-order valence-corrected chi connectivity index (χ0v) is 14.0. The summed E-state index contributed by atoms with van der Waals surface area (Å²) in [5, 5.41) is 10.3. The van der Waals surface area contributed by atoms with Crippen LogP contribution in [0.25, 0.3) is 5.69 Å². The Morgan fingerprint density at radius 1 is 1.28 bits per heavy atom. The zero-order chi connectivity index (χ0) is 17.4. The predicted molar refractivity (Wildman–Crippen MR) is 92.8 cm³/mol. The number of benzene rings is 1. The first kappa shape index (κ1) is 15.4. The SMILES string of the molecule is CN(Cc1n[nH]c2c1CCC2)C(=O)c1cc(=O)n(-c2ccccc2)[nH]1. The summed E-state index contributed by atoms with van der Waals surface area (Å²) in [6, 6.07) is 10.5. The Labute approximate surface area is 144 Å². The van der Waals surface area contributed by atoms with Gasteiger partial charge in [-0.25, -0.2) is 4.68 Å². The van der Waals surface area contributed by atoms with E-state index in [-0.39, 0.29) is 17.2 Å². The normalized spacial score (nSPS) is 13.0. The van der Waals surface area contributed by atoms with Crippen LogP contribution >= 0.6 is 0 Å². The van der Waals surface area contributed by atoms with E-state index in [1.165, 1.54) is 22.0 Å². The maximum atomic E-state index is 12.7. The van der Waals surface area contributed by atoms with Gasteiger partial charge in [-0.3, -0.25) is 19.8 Å². The second-order valence-corrected chi connectivity index (χ2v) is 6.32. The van der Waals surface area contributed by atoms with Crippen LogP contribution in [0.4, 0.5) is 0 Å². The summed E-state index contributed by atoms with van der Waals surface area (Å²) >= 11 is 0. The van der Waals surface area contributed by atoms with Crippen LogP contribution in [0.1, 0.15) is 33.9 Å². The van der Waals surface area contributed by atoms with Crippen LogP contribution in [0.5, 0.6) is 0 Å². The number of hydrogen-bond acceptors (Lipinski definition) is 3. The molecule has 1 aliphatic carbocycles. The Kier molecular flexibility index (Phi) is 3.76. The monoisotopic (exact) mass is 337 g/mol. The van der Waals surface area contributed by atoms with Crippen molar-refractivity contribution >= 4 is 5.91 Å². The molecule has 0 radical (unpaired) electrons. The van der Waals surface area contributed by atoms with Crippen molar-refractivity contribution in [3.05, 3.63) is 69.4 Å². The summed E-state index contributed by atoms with van der Waals surface area (Å²) in [6.07, 6.45) is 3.15. The minimum absolute atomic E-state index is 0.235. The van der Waals surface area contributed by atoms with Gasteiger partial charge in [0.25, 0.3) is 11.5 Å². The lowest BCUT2D eigenvalue weighted by molar-refractivity contribution is 0.0777. The molecule has 128 valence electrons. The van der Waals surface area contributed by atoms with Crippen LogP contribution in [-0.4, -0.2) is 37.8 Å². The molecule has 7 heteroatoms. The van der Waals surface area contributed by atoms with Gasteiger partial charge in [-0.05, 0) is 37.0 Å². The summed E-state index contributed by atoms with van der Waals surface area (Å²) in [5.41, 5.74) is 4.02. The molecule has 0 bridgehead atoms. The van der Waals surface area contributed by atoms with Gasteiger partial charge >= 0.3 is 0 Å². The maximum absolute atomic E-state index is 12.7. The molecule has 0 saturated carbocycles. The van der Waals surface area contributed by atoms with Gasteiger partial charge in [0, 0.05) is 18.8 Å². The lowest BCUT2D eigenvalue weighted by Gasteiger charge is -2.15. The molecule has 0 aliphatic heterocycles. The number of hydrogen-bond donors (Lipinski definition) is 2. The third-order valence-electron chi connectivity index (χ3n) is 4.59. The second kappa shape index (κ2) is 6.08. The highest BCUT2D eigenvalue weighted by Gasteiger charge is 2.22. The number of nitrogens with one attached hydrogen (secondary N) is 2. The quantitative estimate of drug-likeness (QED) is 0.759. The number of H-pyrrole nitrogens is 2. The highest BCUT2D eigenvalue weighted by atomic mass is 16.2. The summed E-state index contributed by atoms with van der Waals surface area (Å²) in [4.78, 5) is 26.4. The van der Waals surface area contributed by atoms with E-state index in [1.807, 2.05) is 30.3 Å². The van der Waals surface area contributed by atoms with Gasteiger partial charge in [-0.1, -0.05) is 18.2 Å². The van der Waals surface area contributed by atoms with Gasteiger partial charge in [-0.2, -0.15) is 5.10 Å². The summed E-state index contributed by atoms with van der Waals surface area (Å²) < 4.78 is 1.37. The van der Waals surface area contributed by atoms with Crippen molar-refractivity contribution in [3.8, 4) is 5.69 Å². The fourth-order valence-corrected chi connectivity index (χ4v) is 3.30. The van der Waals surface area contributed by atoms with E-state index in [0.717, 1.165) is 25.0 Å². The Morgan fingerprint density at radius 2 is 2.08 bits per heavy atom. The highest BCUT2D eigenvalue weighted by molar-refractivity contribution is 5.92. The number of aryl methyl sites for hydroxylation is 1. The summed E-state index contributed by atoms with van der Waals surface area (Å²) in [6.45, 7) is 0.420. The molecule has 7 nitrogen and oxygen atoms in total. The van der Waals surface area contributed by atoms with Crippen molar-refractivity contribution < 1.29 is 4.79 Å². The minimum atomic E-state index is -0.261. The number of amides is 1. The molecule has 4 rings (SSSR count). The van der Waals surface area contributed by atoms with Crippen LogP contribution in [0, 0.1) is 0 Å². The molecule has 2 N–H and O–H groups in total. The largest absolute Gasteiger partial charge is 0.334 e. The zero-order valence-electron chi connectivity index (χ0n) is 14.0. The fraction of sp³-hybridized carbons (Fsp3) is 0.278. The van der Waals surface area contributed by atoms with Gasteiger partial charge in [0.2, 0.25) is 0 Å². The van der Waals surface area contributed by atoms with Crippen molar-refractivity contribution in [2.45, 2.75) is 25.8 Å². The summed E-state index contributed by atoms with van der Waals surface area (Å²) in [7, 11) is 1.72. The van der Waals surface area contributed by atoms with Gasteiger partial charge in [0.15, 0.2) is 0 Å². The number of rotatable bonds is 4. The van der Waals surface area contributed by atoms with Crippen molar-refractivity contribution in [1.82, 2.24) is 24.9 Å². The van der Waals surface area contributed by atoms with Crippen LogP contribution in [0.15, 0.2) is 41.2 Å². The maximum Gasteiger partial charge on any atom is 0.272 e. The Bertz CT molecular complexity index is 967. The second-order valence-electron chi connectivity index (χ2n) is 6.32. The number of carbonyl (C=O) groups excluding carboxylic acids is 1. The topological polar surface area (TPSA) is 86.8 Å². The molecule has 1 aromatic carbocycles. The third kappa shape index (κ3) is 2.77. The number of carbonyl (C=O) groups is 1. The van der Waals surface area contributed by atoms with Crippen LogP contribution in [0.2, 0.25) is 0 Å². The molecule has 0 saturated heterocycles. The third-order valence-corrected chi connectivity index (χ3v) is 4.59. The lowest BCUT2D eigenvalue weighted by Crippen LogP contribution is -2.27. The molecule has 0 fully saturated rings. The molecule has 1 amide bonds. The van der Waals surface area contributed by atoms with Crippen molar-refractivity contribution in [2.75, 3.05) is 7.05 Å². The Morgan fingerprint density at radius 3 is 2.88 bits per heavy atom. The number of aromatic amines is 2. The van der Waals surface area contributed by atoms with Crippen molar-refractivity contribution in [2.24, 2.45) is 0 Å². The molecular formula is C18H19N5O2. The highest BCUT2D eigenvalue weighted by Crippen LogP contribution is 2.23. The number of fused-ring (bicyclic) bond motifs is 1. The standard InChI is InChI=1S/C18H19N5O2/c1-22(11-16-13-8-5-9-14(13)19-20-16)18(25)15-10-17(24)23(21-15)12-6-3-2-4-7-12/h2-4,6-7,10,21H,5,8-9,11H2,1H3,(H,19,20). The molecule has 3 aromatic rings. The number of para-hydroxylation sites is 1. The fourth-order valence-electron chi connectivity index (χ4n) is 3.30. The van der Waals surface area contributed by atoms with E-state index in [1.54, 1.807) is 11.9 Å². The first-order valence-corrected chi connectivity index (χ1v) is 8.31. The van der Waals surface area contributed by atoms with E-state index < -0.39 is 0 Å². The first-order valence-electron chi connectivity index (χ1n) is 8.31. The van der Waals surface area contributed by atoms with Gasteiger partial charge in [-0.15, -0.1) is 0 Å². The van der Waals surface area contributed by atoms with Crippen molar-refractivity contribution in [3.63, 3.8) is 0 Å². The Hall–Kier alpha value is -3.09. The average molecular weight is 337 g/mol. The Balaban J connectivity index is 1.55.